The van der Waals surface area contributed by atoms with Gasteiger partial charge in [0, 0.05) is 30.7 Å². The molecule has 2 saturated heterocycles. The first-order chi connectivity index (χ1) is 13.8. The van der Waals surface area contributed by atoms with E-state index in [1.807, 2.05) is 6.07 Å². The van der Waals surface area contributed by atoms with Crippen molar-refractivity contribution in [3.63, 3.8) is 0 Å². The molecule has 1 unspecified atom stereocenters. The van der Waals surface area contributed by atoms with Crippen LogP contribution >= 0.6 is 0 Å². The van der Waals surface area contributed by atoms with Gasteiger partial charge in [0.2, 0.25) is 0 Å². The van der Waals surface area contributed by atoms with Crippen molar-refractivity contribution < 1.29 is 4.74 Å². The number of likely N-dealkylation sites (tertiary alicyclic amines) is 1. The van der Waals surface area contributed by atoms with E-state index in [-0.39, 0.29) is 0 Å². The van der Waals surface area contributed by atoms with Gasteiger partial charge in [0.1, 0.15) is 5.75 Å². The highest BCUT2D eigenvalue weighted by molar-refractivity contribution is 5.42. The molecule has 0 N–H and O–H groups in total. The molecule has 1 aromatic carbocycles. The summed E-state index contributed by atoms with van der Waals surface area (Å²) in [5, 5.41) is 8.30. The van der Waals surface area contributed by atoms with Crippen LogP contribution in [0.2, 0.25) is 0 Å². The number of ether oxygens (including phenoxy) is 1. The minimum atomic E-state index is 0.516. The first-order valence-electron chi connectivity index (χ1n) is 10.7. The zero-order valence-electron chi connectivity index (χ0n) is 16.8. The van der Waals surface area contributed by atoms with Crippen LogP contribution in [0.3, 0.4) is 0 Å². The van der Waals surface area contributed by atoms with Crippen molar-refractivity contribution in [2.24, 2.45) is 5.41 Å². The Morgan fingerprint density at radius 2 is 1.86 bits per heavy atom. The van der Waals surface area contributed by atoms with E-state index >= 15 is 0 Å². The van der Waals surface area contributed by atoms with Crippen LogP contribution in [0.15, 0.2) is 42.6 Å². The van der Waals surface area contributed by atoms with Crippen molar-refractivity contribution in [3.8, 4) is 5.75 Å². The number of aromatic nitrogens is 2. The molecule has 5 rings (SSSR count). The van der Waals surface area contributed by atoms with Gasteiger partial charge in [0.15, 0.2) is 5.82 Å². The Kier molecular flexibility index (Phi) is 4.71. The van der Waals surface area contributed by atoms with Crippen LogP contribution in [0.4, 0.5) is 5.82 Å². The lowest BCUT2D eigenvalue weighted by molar-refractivity contribution is 0.131. The third-order valence-electron chi connectivity index (χ3n) is 7.24. The fraction of sp³-hybridized carbons (Fsp3) is 0.565. The summed E-state index contributed by atoms with van der Waals surface area (Å²) in [6.07, 6.45) is 8.31. The topological polar surface area (TPSA) is 41.5 Å². The quantitative estimate of drug-likeness (QED) is 0.811. The molecule has 28 heavy (non-hydrogen) atoms. The lowest BCUT2D eigenvalue weighted by Gasteiger charge is -2.49. The van der Waals surface area contributed by atoms with Crippen LogP contribution in [0.5, 0.6) is 5.75 Å². The van der Waals surface area contributed by atoms with Gasteiger partial charge in [-0.15, -0.1) is 5.10 Å². The van der Waals surface area contributed by atoms with Gasteiger partial charge in [0.25, 0.3) is 0 Å². The summed E-state index contributed by atoms with van der Waals surface area (Å²) in [6.45, 7) is 4.74. The molecule has 1 atom stereocenters. The third kappa shape index (κ3) is 3.26. The maximum absolute atomic E-state index is 5.59. The Hall–Kier alpha value is -2.14. The van der Waals surface area contributed by atoms with Crippen LogP contribution < -0.4 is 9.64 Å². The second kappa shape index (κ2) is 7.36. The molecule has 1 spiro atoms. The van der Waals surface area contributed by atoms with Crippen LogP contribution in [-0.4, -0.2) is 54.4 Å². The fourth-order valence-corrected chi connectivity index (χ4v) is 5.74. The van der Waals surface area contributed by atoms with Gasteiger partial charge in [-0.2, -0.15) is 5.10 Å². The maximum Gasteiger partial charge on any atom is 0.151 e. The number of rotatable bonds is 4. The SMILES string of the molecule is COc1ccccc1C1CCN(C2CCC3(C2)CN(c2cccnn2)C3)CC1. The molecule has 5 nitrogen and oxygen atoms in total. The molecule has 2 aromatic rings. The zero-order valence-corrected chi connectivity index (χ0v) is 16.8. The highest BCUT2D eigenvalue weighted by Crippen LogP contribution is 2.48. The standard InChI is InChI=1S/C23H30N4O/c1-28-21-6-3-2-5-20(21)18-9-13-26(14-10-18)19-8-11-23(15-19)16-27(17-23)22-7-4-12-24-25-22/h2-7,12,18-19H,8-11,13-17H2,1H3. The number of piperidine rings is 1. The third-order valence-corrected chi connectivity index (χ3v) is 7.24. The first kappa shape index (κ1) is 17.9. The molecular weight excluding hydrogens is 348 g/mol. The van der Waals surface area contributed by atoms with E-state index in [1.54, 1.807) is 13.3 Å². The van der Waals surface area contributed by atoms with Gasteiger partial charge < -0.3 is 14.5 Å². The van der Waals surface area contributed by atoms with E-state index in [9.17, 15) is 0 Å². The highest BCUT2D eigenvalue weighted by atomic mass is 16.5. The first-order valence-corrected chi connectivity index (χ1v) is 10.7. The second-order valence-corrected chi connectivity index (χ2v) is 8.89. The Morgan fingerprint density at radius 1 is 1.04 bits per heavy atom. The van der Waals surface area contributed by atoms with Gasteiger partial charge >= 0.3 is 0 Å². The van der Waals surface area contributed by atoms with Crippen molar-refractivity contribution >= 4 is 5.82 Å². The lowest BCUT2D eigenvalue weighted by Crippen LogP contribution is -2.56. The Bertz CT molecular complexity index is 797. The molecule has 3 aliphatic rings. The average Bonchev–Trinajstić information content (AvgIpc) is 3.19. The predicted molar refractivity (Wildman–Crippen MR) is 111 cm³/mol. The molecule has 5 heteroatoms. The minimum Gasteiger partial charge on any atom is -0.496 e. The molecule has 2 aliphatic heterocycles. The lowest BCUT2D eigenvalue weighted by atomic mass is 9.78. The molecular formula is C23H30N4O. The van der Waals surface area contributed by atoms with E-state index in [0.29, 0.717) is 11.3 Å². The van der Waals surface area contributed by atoms with Gasteiger partial charge in [-0.05, 0) is 74.9 Å². The van der Waals surface area contributed by atoms with Crippen molar-refractivity contribution in [1.82, 2.24) is 15.1 Å². The summed E-state index contributed by atoms with van der Waals surface area (Å²) in [6, 6.07) is 13.4. The van der Waals surface area contributed by atoms with Crippen molar-refractivity contribution in [3.05, 3.63) is 48.2 Å². The zero-order chi connectivity index (χ0) is 19.0. The smallest absolute Gasteiger partial charge is 0.151 e. The van der Waals surface area contributed by atoms with E-state index < -0.39 is 0 Å². The van der Waals surface area contributed by atoms with Gasteiger partial charge in [-0.25, -0.2) is 0 Å². The molecule has 1 aliphatic carbocycles. The van der Waals surface area contributed by atoms with E-state index in [0.717, 1.165) is 30.7 Å². The Balaban J connectivity index is 1.15. The number of nitrogens with zero attached hydrogens (tertiary/aromatic N) is 4. The van der Waals surface area contributed by atoms with Crippen LogP contribution in [-0.2, 0) is 0 Å². The van der Waals surface area contributed by atoms with E-state index in [1.165, 1.54) is 50.8 Å². The number of para-hydroxylation sites is 1. The molecule has 0 radical (unpaired) electrons. The van der Waals surface area contributed by atoms with Crippen LogP contribution in [0.1, 0.15) is 43.6 Å². The minimum absolute atomic E-state index is 0.516. The highest BCUT2D eigenvalue weighted by Gasteiger charge is 2.49. The molecule has 0 amide bonds. The summed E-state index contributed by atoms with van der Waals surface area (Å²) in [5.41, 5.74) is 1.91. The number of hydrogen-bond acceptors (Lipinski definition) is 5. The Labute approximate surface area is 167 Å². The summed E-state index contributed by atoms with van der Waals surface area (Å²) in [5.74, 6) is 2.73. The summed E-state index contributed by atoms with van der Waals surface area (Å²) < 4.78 is 5.59. The fourth-order valence-electron chi connectivity index (χ4n) is 5.74. The number of benzene rings is 1. The summed E-state index contributed by atoms with van der Waals surface area (Å²) in [7, 11) is 1.79. The van der Waals surface area contributed by atoms with Crippen LogP contribution in [0, 0.1) is 5.41 Å². The average molecular weight is 379 g/mol. The monoisotopic (exact) mass is 378 g/mol. The van der Waals surface area contributed by atoms with E-state index in [4.69, 9.17) is 4.74 Å². The molecule has 0 bridgehead atoms. The second-order valence-electron chi connectivity index (χ2n) is 8.89. The van der Waals surface area contributed by atoms with Gasteiger partial charge in [0.05, 0.1) is 7.11 Å². The molecule has 3 fully saturated rings. The van der Waals surface area contributed by atoms with Gasteiger partial charge in [-0.3, -0.25) is 0 Å². The van der Waals surface area contributed by atoms with Gasteiger partial charge in [-0.1, -0.05) is 18.2 Å². The molecule has 3 heterocycles. The van der Waals surface area contributed by atoms with Crippen molar-refractivity contribution in [2.75, 3.05) is 38.2 Å². The molecule has 1 aromatic heterocycles. The molecule has 148 valence electrons. The van der Waals surface area contributed by atoms with Crippen LogP contribution in [0.25, 0.3) is 0 Å². The number of hydrogen-bond donors (Lipinski definition) is 0. The number of anilines is 1. The largest absolute Gasteiger partial charge is 0.496 e. The normalized spacial score (nSPS) is 25.0. The van der Waals surface area contributed by atoms with Crippen molar-refractivity contribution in [1.29, 1.82) is 0 Å². The maximum atomic E-state index is 5.59. The predicted octanol–water partition coefficient (Wildman–Crippen LogP) is 3.72. The summed E-state index contributed by atoms with van der Waals surface area (Å²) >= 11 is 0. The van der Waals surface area contributed by atoms with E-state index in [2.05, 4.69) is 50.3 Å². The molecule has 1 saturated carbocycles. The summed E-state index contributed by atoms with van der Waals surface area (Å²) in [4.78, 5) is 5.16. The Morgan fingerprint density at radius 3 is 2.61 bits per heavy atom. The van der Waals surface area contributed by atoms with Crippen molar-refractivity contribution in [2.45, 2.75) is 44.1 Å². The number of methoxy groups -OCH3 is 1.